The van der Waals surface area contributed by atoms with Crippen molar-refractivity contribution < 1.29 is 9.53 Å². The molecule has 0 aromatic heterocycles. The molecule has 2 rings (SSSR count). The van der Waals surface area contributed by atoms with Gasteiger partial charge in [-0.2, -0.15) is 0 Å². The maximum atomic E-state index is 12.5. The van der Waals surface area contributed by atoms with Gasteiger partial charge in [0.1, 0.15) is 0 Å². The molecule has 0 aliphatic rings. The van der Waals surface area contributed by atoms with Crippen LogP contribution in [-0.2, 0) is 29.3 Å². The van der Waals surface area contributed by atoms with E-state index in [9.17, 15) is 4.79 Å². The van der Waals surface area contributed by atoms with Crippen LogP contribution in [0.5, 0.6) is 0 Å². The fourth-order valence-corrected chi connectivity index (χ4v) is 2.94. The standard InChI is InChI=1S/C22H30N2O2.ClH/c1-3-22(4-2,17-23)21(25)24-14-18-10-12-20(13-11-18)16-26-15-19-8-6-5-7-9-19;/h5-13H,3-4,14-17,23H2,1-2H3,(H,24,25);1H. The van der Waals surface area contributed by atoms with Gasteiger partial charge < -0.3 is 15.8 Å². The molecule has 0 fully saturated rings. The highest BCUT2D eigenvalue weighted by atomic mass is 35.5. The smallest absolute Gasteiger partial charge is 0.227 e. The average molecular weight is 391 g/mol. The molecule has 0 atom stereocenters. The van der Waals surface area contributed by atoms with Crippen molar-refractivity contribution in [3.05, 3.63) is 71.3 Å². The van der Waals surface area contributed by atoms with E-state index in [2.05, 4.69) is 17.4 Å². The van der Waals surface area contributed by atoms with E-state index < -0.39 is 5.41 Å². The van der Waals surface area contributed by atoms with E-state index in [1.165, 1.54) is 5.56 Å². The number of hydrogen-bond donors (Lipinski definition) is 2. The molecule has 0 aliphatic heterocycles. The third kappa shape index (κ3) is 6.65. The van der Waals surface area contributed by atoms with Crippen LogP contribution in [0.1, 0.15) is 43.4 Å². The van der Waals surface area contributed by atoms with Crippen LogP contribution in [0.25, 0.3) is 0 Å². The molecule has 3 N–H and O–H groups in total. The van der Waals surface area contributed by atoms with Crippen LogP contribution in [0.4, 0.5) is 0 Å². The summed E-state index contributed by atoms with van der Waals surface area (Å²) in [7, 11) is 0. The van der Waals surface area contributed by atoms with Gasteiger partial charge in [-0.1, -0.05) is 68.4 Å². The predicted octanol–water partition coefficient (Wildman–Crippen LogP) is 4.21. The van der Waals surface area contributed by atoms with Crippen molar-refractivity contribution in [2.24, 2.45) is 11.1 Å². The minimum absolute atomic E-state index is 0. The molecule has 0 heterocycles. The first-order chi connectivity index (χ1) is 12.6. The molecular weight excluding hydrogens is 360 g/mol. The molecule has 0 bridgehead atoms. The van der Waals surface area contributed by atoms with Crippen molar-refractivity contribution in [1.29, 1.82) is 0 Å². The van der Waals surface area contributed by atoms with Crippen molar-refractivity contribution in [2.45, 2.75) is 46.4 Å². The van der Waals surface area contributed by atoms with Crippen LogP contribution in [0, 0.1) is 5.41 Å². The Hall–Kier alpha value is -1.88. The fraction of sp³-hybridized carbons (Fsp3) is 0.409. The molecule has 148 valence electrons. The Kier molecular flexibility index (Phi) is 10.1. The van der Waals surface area contributed by atoms with Crippen LogP contribution < -0.4 is 11.1 Å². The summed E-state index contributed by atoms with van der Waals surface area (Å²) in [6.45, 7) is 6.10. The molecule has 4 nitrogen and oxygen atoms in total. The van der Waals surface area contributed by atoms with Gasteiger partial charge in [0, 0.05) is 13.1 Å². The van der Waals surface area contributed by atoms with Crippen LogP contribution in [-0.4, -0.2) is 12.5 Å². The van der Waals surface area contributed by atoms with E-state index in [4.69, 9.17) is 10.5 Å². The van der Waals surface area contributed by atoms with Gasteiger partial charge in [0.15, 0.2) is 0 Å². The SMILES string of the molecule is CCC(CC)(CN)C(=O)NCc1ccc(COCc2ccccc2)cc1.Cl. The Morgan fingerprint density at radius 2 is 1.44 bits per heavy atom. The molecule has 0 aliphatic carbocycles. The van der Waals surface area contributed by atoms with Crippen LogP contribution in [0.3, 0.4) is 0 Å². The number of amides is 1. The molecule has 0 spiro atoms. The topological polar surface area (TPSA) is 64.4 Å². The summed E-state index contributed by atoms with van der Waals surface area (Å²) in [5, 5.41) is 3.03. The Bertz CT molecular complexity index is 662. The summed E-state index contributed by atoms with van der Waals surface area (Å²) in [5.74, 6) is 0.0419. The monoisotopic (exact) mass is 390 g/mol. The zero-order chi connectivity index (χ0) is 18.8. The predicted molar refractivity (Wildman–Crippen MR) is 113 cm³/mol. The molecule has 27 heavy (non-hydrogen) atoms. The van der Waals surface area contributed by atoms with Crippen molar-refractivity contribution in [2.75, 3.05) is 6.54 Å². The summed E-state index contributed by atoms with van der Waals surface area (Å²) in [6, 6.07) is 18.3. The van der Waals surface area contributed by atoms with Gasteiger partial charge in [0.25, 0.3) is 0 Å². The Labute approximate surface area is 168 Å². The number of nitrogens with one attached hydrogen (secondary N) is 1. The van der Waals surface area contributed by atoms with Gasteiger partial charge in [-0.05, 0) is 29.5 Å². The lowest BCUT2D eigenvalue weighted by atomic mass is 9.81. The van der Waals surface area contributed by atoms with Gasteiger partial charge in [0.05, 0.1) is 18.6 Å². The van der Waals surface area contributed by atoms with Crippen LogP contribution in [0.2, 0.25) is 0 Å². The van der Waals surface area contributed by atoms with E-state index >= 15 is 0 Å². The van der Waals surface area contributed by atoms with Crippen molar-refractivity contribution in [1.82, 2.24) is 5.32 Å². The molecule has 5 heteroatoms. The minimum atomic E-state index is -0.453. The zero-order valence-corrected chi connectivity index (χ0v) is 17.1. The maximum Gasteiger partial charge on any atom is 0.227 e. The number of benzene rings is 2. The average Bonchev–Trinajstić information content (AvgIpc) is 2.70. The van der Waals surface area contributed by atoms with Gasteiger partial charge in [0.2, 0.25) is 5.91 Å². The van der Waals surface area contributed by atoms with Crippen LogP contribution in [0.15, 0.2) is 54.6 Å². The second kappa shape index (κ2) is 11.8. The molecule has 0 saturated carbocycles. The normalized spacial score (nSPS) is 10.9. The lowest BCUT2D eigenvalue weighted by Gasteiger charge is -2.28. The van der Waals surface area contributed by atoms with Gasteiger partial charge in [-0.25, -0.2) is 0 Å². The molecule has 0 unspecified atom stereocenters. The number of hydrogen-bond acceptors (Lipinski definition) is 3. The maximum absolute atomic E-state index is 12.5. The van der Waals surface area contributed by atoms with E-state index in [0.717, 1.165) is 24.0 Å². The van der Waals surface area contributed by atoms with E-state index in [0.29, 0.717) is 26.3 Å². The lowest BCUT2D eigenvalue weighted by molar-refractivity contribution is -0.131. The summed E-state index contributed by atoms with van der Waals surface area (Å²) in [6.07, 6.45) is 1.51. The number of carbonyl (C=O) groups is 1. The summed E-state index contributed by atoms with van der Waals surface area (Å²) in [5.41, 5.74) is 8.74. The van der Waals surface area contributed by atoms with Gasteiger partial charge in [-0.15, -0.1) is 12.4 Å². The third-order valence-electron chi connectivity index (χ3n) is 5.08. The first kappa shape index (κ1) is 23.2. The number of ether oxygens (including phenoxy) is 1. The highest BCUT2D eigenvalue weighted by molar-refractivity contribution is 5.85. The lowest BCUT2D eigenvalue weighted by Crippen LogP contribution is -2.45. The fourth-order valence-electron chi connectivity index (χ4n) is 2.94. The van der Waals surface area contributed by atoms with Crippen molar-refractivity contribution in [3.8, 4) is 0 Å². The summed E-state index contributed by atoms with van der Waals surface area (Å²) >= 11 is 0. The minimum Gasteiger partial charge on any atom is -0.372 e. The highest BCUT2D eigenvalue weighted by Gasteiger charge is 2.32. The molecule has 1 amide bonds. The number of carbonyl (C=O) groups excluding carboxylic acids is 1. The molecule has 2 aromatic carbocycles. The van der Waals surface area contributed by atoms with E-state index in [1.54, 1.807) is 0 Å². The molecule has 0 saturated heterocycles. The number of nitrogens with two attached hydrogens (primary N) is 1. The van der Waals surface area contributed by atoms with Crippen LogP contribution >= 0.6 is 12.4 Å². The molecule has 2 aromatic rings. The first-order valence-electron chi connectivity index (χ1n) is 9.31. The van der Waals surface area contributed by atoms with E-state index in [1.807, 2.05) is 56.3 Å². The number of rotatable bonds is 10. The Morgan fingerprint density at radius 3 is 1.96 bits per heavy atom. The zero-order valence-electron chi connectivity index (χ0n) is 16.2. The largest absolute Gasteiger partial charge is 0.372 e. The Morgan fingerprint density at radius 1 is 0.926 bits per heavy atom. The summed E-state index contributed by atoms with van der Waals surface area (Å²) in [4.78, 5) is 12.5. The summed E-state index contributed by atoms with van der Waals surface area (Å²) < 4.78 is 5.75. The van der Waals surface area contributed by atoms with Gasteiger partial charge >= 0.3 is 0 Å². The third-order valence-corrected chi connectivity index (χ3v) is 5.08. The highest BCUT2D eigenvalue weighted by Crippen LogP contribution is 2.25. The molecule has 0 radical (unpaired) electrons. The first-order valence-corrected chi connectivity index (χ1v) is 9.31. The Balaban J connectivity index is 0.00000364. The second-order valence-corrected chi connectivity index (χ2v) is 6.67. The van der Waals surface area contributed by atoms with E-state index in [-0.39, 0.29) is 18.3 Å². The number of halogens is 1. The quantitative estimate of drug-likeness (QED) is 0.638. The molecular formula is C22H31ClN2O2. The van der Waals surface area contributed by atoms with Crippen molar-refractivity contribution in [3.63, 3.8) is 0 Å². The second-order valence-electron chi connectivity index (χ2n) is 6.67. The van der Waals surface area contributed by atoms with Gasteiger partial charge in [-0.3, -0.25) is 4.79 Å². The van der Waals surface area contributed by atoms with Crippen molar-refractivity contribution >= 4 is 18.3 Å².